The van der Waals surface area contributed by atoms with Gasteiger partial charge in [0.05, 0.1) is 6.61 Å². The highest BCUT2D eigenvalue weighted by Gasteiger charge is 2.22. The lowest BCUT2D eigenvalue weighted by Crippen LogP contribution is -2.46. The van der Waals surface area contributed by atoms with E-state index in [0.717, 1.165) is 28.9 Å². The second-order valence-electron chi connectivity index (χ2n) is 8.11. The Hall–Kier alpha value is -4.13. The number of nitrogens with one attached hydrogen (secondary N) is 2. The number of rotatable bonds is 12. The Balaban J connectivity index is 1.63. The second kappa shape index (κ2) is 12.9. The maximum atomic E-state index is 12.8. The molecule has 0 aliphatic carbocycles. The third kappa shape index (κ3) is 7.99. The molecule has 3 aromatic rings. The van der Waals surface area contributed by atoms with Crippen LogP contribution in [0.5, 0.6) is 5.75 Å². The molecule has 2 amide bonds. The van der Waals surface area contributed by atoms with Crippen LogP contribution in [0.25, 0.3) is 11.1 Å². The lowest BCUT2D eigenvalue weighted by molar-refractivity contribution is -0.137. The summed E-state index contributed by atoms with van der Waals surface area (Å²) in [6.07, 6.45) is 0.698. The number of aliphatic carboxylic acids is 1. The van der Waals surface area contributed by atoms with Crippen molar-refractivity contribution in [1.29, 1.82) is 0 Å². The summed E-state index contributed by atoms with van der Waals surface area (Å²) in [6.45, 7) is 3.01. The molecule has 0 saturated carbocycles. The van der Waals surface area contributed by atoms with Crippen LogP contribution in [0.4, 0.5) is 0 Å². The molecule has 35 heavy (non-hydrogen) atoms. The average molecular weight is 475 g/mol. The van der Waals surface area contributed by atoms with E-state index in [-0.39, 0.29) is 19.4 Å². The van der Waals surface area contributed by atoms with Crippen LogP contribution in [-0.4, -0.2) is 35.5 Å². The molecule has 0 bridgehead atoms. The molecular weight excluding hydrogens is 444 g/mol. The molecule has 7 nitrogen and oxygen atoms in total. The van der Waals surface area contributed by atoms with Gasteiger partial charge in [-0.2, -0.15) is 0 Å². The predicted octanol–water partition coefficient (Wildman–Crippen LogP) is 4.42. The number of hydrogen-bond acceptors (Lipinski definition) is 4. The Labute approximate surface area is 205 Å². The highest BCUT2D eigenvalue weighted by Crippen LogP contribution is 2.23. The summed E-state index contributed by atoms with van der Waals surface area (Å²) in [4.78, 5) is 36.6. The Morgan fingerprint density at radius 1 is 0.886 bits per heavy atom. The average Bonchev–Trinajstić information content (AvgIpc) is 2.89. The first-order chi connectivity index (χ1) is 17.0. The molecule has 0 radical (unpaired) electrons. The summed E-state index contributed by atoms with van der Waals surface area (Å²) < 4.78 is 5.61. The van der Waals surface area contributed by atoms with Gasteiger partial charge in [0.2, 0.25) is 5.91 Å². The molecule has 182 valence electrons. The largest absolute Gasteiger partial charge is 0.494 e. The Morgan fingerprint density at radius 3 is 2.11 bits per heavy atom. The third-order valence-corrected chi connectivity index (χ3v) is 5.39. The van der Waals surface area contributed by atoms with Gasteiger partial charge < -0.3 is 20.5 Å². The fraction of sp³-hybridized carbons (Fsp3) is 0.250. The van der Waals surface area contributed by atoms with Gasteiger partial charge in [-0.15, -0.1) is 0 Å². The van der Waals surface area contributed by atoms with Gasteiger partial charge in [0.25, 0.3) is 5.91 Å². The zero-order valence-corrected chi connectivity index (χ0v) is 19.7. The van der Waals surface area contributed by atoms with Gasteiger partial charge in [-0.3, -0.25) is 14.4 Å². The normalized spacial score (nSPS) is 11.3. The van der Waals surface area contributed by atoms with Crippen LogP contribution in [0.15, 0.2) is 78.9 Å². The Kier molecular flexibility index (Phi) is 9.42. The fourth-order valence-corrected chi connectivity index (χ4v) is 3.46. The molecule has 0 unspecified atom stereocenters. The van der Waals surface area contributed by atoms with Crippen molar-refractivity contribution >= 4 is 17.8 Å². The lowest BCUT2D eigenvalue weighted by atomic mass is 10.0. The molecule has 0 aliphatic rings. The van der Waals surface area contributed by atoms with E-state index in [0.29, 0.717) is 12.2 Å². The molecule has 3 rings (SSSR count). The van der Waals surface area contributed by atoms with Crippen LogP contribution in [0.3, 0.4) is 0 Å². The smallest absolute Gasteiger partial charge is 0.303 e. The number of carbonyl (C=O) groups is 3. The van der Waals surface area contributed by atoms with Gasteiger partial charge in [0.15, 0.2) is 0 Å². The topological polar surface area (TPSA) is 105 Å². The summed E-state index contributed by atoms with van der Waals surface area (Å²) in [5.41, 5.74) is 3.21. The van der Waals surface area contributed by atoms with Gasteiger partial charge in [-0.25, -0.2) is 0 Å². The SMILES string of the molecule is CCCOc1ccc(-c2ccc(C(=O)N[C@@H](CCC(=O)O)C(=O)NCc3ccccc3)cc2)cc1. The maximum Gasteiger partial charge on any atom is 0.303 e. The highest BCUT2D eigenvalue weighted by molar-refractivity contribution is 5.98. The number of benzene rings is 3. The standard InChI is InChI=1S/C28H30N2O5/c1-2-18-35-24-14-12-22(13-15-24)21-8-10-23(11-9-21)27(33)30-25(16-17-26(31)32)28(34)29-19-20-6-4-3-5-7-20/h3-15,25H,2,16-19H2,1H3,(H,29,34)(H,30,33)(H,31,32)/t25-/m0/s1. The number of carboxylic acids is 1. The van der Waals surface area contributed by atoms with Crippen LogP contribution in [0.1, 0.15) is 42.1 Å². The molecule has 3 N–H and O–H groups in total. The predicted molar refractivity (Wildman–Crippen MR) is 134 cm³/mol. The first-order valence-electron chi connectivity index (χ1n) is 11.6. The molecule has 1 atom stereocenters. The lowest BCUT2D eigenvalue weighted by Gasteiger charge is -2.18. The van der Waals surface area contributed by atoms with Gasteiger partial charge in [-0.1, -0.05) is 61.5 Å². The minimum Gasteiger partial charge on any atom is -0.494 e. The molecule has 0 heterocycles. The first-order valence-corrected chi connectivity index (χ1v) is 11.6. The molecule has 7 heteroatoms. The van der Waals surface area contributed by atoms with E-state index in [4.69, 9.17) is 9.84 Å². The molecular formula is C28H30N2O5. The van der Waals surface area contributed by atoms with Gasteiger partial charge in [0.1, 0.15) is 11.8 Å². The fourth-order valence-electron chi connectivity index (χ4n) is 3.46. The minimum absolute atomic E-state index is 0.00771. The summed E-state index contributed by atoms with van der Waals surface area (Å²) in [6, 6.07) is 23.2. The van der Waals surface area contributed by atoms with Crippen LogP contribution in [0, 0.1) is 0 Å². The zero-order valence-electron chi connectivity index (χ0n) is 19.7. The third-order valence-electron chi connectivity index (χ3n) is 5.39. The second-order valence-corrected chi connectivity index (χ2v) is 8.11. The number of carboxylic acid groups (broad SMARTS) is 1. The maximum absolute atomic E-state index is 12.8. The molecule has 0 aromatic heterocycles. The van der Waals surface area contributed by atoms with E-state index in [2.05, 4.69) is 17.6 Å². The van der Waals surface area contributed by atoms with Crippen molar-refractivity contribution in [3.8, 4) is 16.9 Å². The van der Waals surface area contributed by atoms with Crippen molar-refractivity contribution in [1.82, 2.24) is 10.6 Å². The van der Waals surface area contributed by atoms with Crippen LogP contribution < -0.4 is 15.4 Å². The van der Waals surface area contributed by atoms with Crippen molar-refractivity contribution in [3.63, 3.8) is 0 Å². The van der Waals surface area contributed by atoms with Crippen LogP contribution in [0.2, 0.25) is 0 Å². The minimum atomic E-state index is -1.03. The van der Waals surface area contributed by atoms with Crippen LogP contribution in [-0.2, 0) is 16.1 Å². The summed E-state index contributed by atoms with van der Waals surface area (Å²) >= 11 is 0. The molecule has 0 fully saturated rings. The van der Waals surface area contributed by atoms with E-state index in [9.17, 15) is 14.4 Å². The van der Waals surface area contributed by atoms with E-state index in [1.165, 1.54) is 0 Å². The Bertz CT molecular complexity index is 1110. The van der Waals surface area contributed by atoms with E-state index < -0.39 is 23.8 Å². The van der Waals surface area contributed by atoms with Gasteiger partial charge >= 0.3 is 5.97 Å². The molecule has 0 spiro atoms. The summed E-state index contributed by atoms with van der Waals surface area (Å²) in [5.74, 6) is -1.09. The monoisotopic (exact) mass is 474 g/mol. The summed E-state index contributed by atoms with van der Waals surface area (Å²) in [5, 5.41) is 14.5. The number of hydrogen-bond donors (Lipinski definition) is 3. The molecule has 0 aliphatic heterocycles. The van der Waals surface area contributed by atoms with E-state index >= 15 is 0 Å². The number of amides is 2. The van der Waals surface area contributed by atoms with E-state index in [1.54, 1.807) is 12.1 Å². The van der Waals surface area contributed by atoms with Crippen molar-refractivity contribution in [2.24, 2.45) is 0 Å². The Morgan fingerprint density at radius 2 is 1.51 bits per heavy atom. The number of ether oxygens (including phenoxy) is 1. The van der Waals surface area contributed by atoms with Crippen molar-refractivity contribution in [2.45, 2.75) is 38.8 Å². The van der Waals surface area contributed by atoms with Gasteiger partial charge in [-0.05, 0) is 53.8 Å². The first kappa shape index (κ1) is 25.5. The van der Waals surface area contributed by atoms with Crippen molar-refractivity contribution in [3.05, 3.63) is 90.0 Å². The van der Waals surface area contributed by atoms with Gasteiger partial charge in [0, 0.05) is 18.5 Å². The number of carbonyl (C=O) groups excluding carboxylic acids is 2. The molecule has 3 aromatic carbocycles. The highest BCUT2D eigenvalue weighted by atomic mass is 16.5. The zero-order chi connectivity index (χ0) is 25.0. The van der Waals surface area contributed by atoms with Crippen molar-refractivity contribution < 1.29 is 24.2 Å². The molecule has 0 saturated heterocycles. The quantitative estimate of drug-likeness (QED) is 0.360. The van der Waals surface area contributed by atoms with E-state index in [1.807, 2.05) is 66.7 Å². The summed E-state index contributed by atoms with van der Waals surface area (Å²) in [7, 11) is 0. The van der Waals surface area contributed by atoms with Crippen molar-refractivity contribution in [2.75, 3.05) is 6.61 Å². The van der Waals surface area contributed by atoms with Crippen LogP contribution >= 0.6 is 0 Å².